The normalized spacial score (nSPS) is 11.0. The van der Waals surface area contributed by atoms with Gasteiger partial charge in [0, 0.05) is 11.1 Å². The molecule has 0 saturated heterocycles. The average Bonchev–Trinajstić information content (AvgIpc) is 2.90. The number of hydrogen-bond acceptors (Lipinski definition) is 4. The van der Waals surface area contributed by atoms with Gasteiger partial charge in [0.05, 0.1) is 6.54 Å². The fraction of sp³-hybridized carbons (Fsp3) is 0.125. The Hall–Kier alpha value is -3.03. The van der Waals surface area contributed by atoms with Crippen molar-refractivity contribution in [3.05, 3.63) is 70.5 Å². The maximum Gasteiger partial charge on any atom is 0.437 e. The van der Waals surface area contributed by atoms with Crippen molar-refractivity contribution in [2.24, 2.45) is 0 Å². The van der Waals surface area contributed by atoms with Crippen LogP contribution in [0.4, 0.5) is 13.2 Å². The van der Waals surface area contributed by atoms with E-state index in [1.807, 2.05) is 0 Å². The van der Waals surface area contributed by atoms with Crippen molar-refractivity contribution in [1.82, 2.24) is 9.78 Å². The molecule has 0 radical (unpaired) electrons. The Bertz CT molecular complexity index is 888. The van der Waals surface area contributed by atoms with Crippen molar-refractivity contribution < 1.29 is 22.3 Å². The summed E-state index contributed by atoms with van der Waals surface area (Å²) in [5.74, 6) is -1.24. The van der Waals surface area contributed by atoms with Crippen LogP contribution in [0.3, 0.4) is 0 Å². The summed E-state index contributed by atoms with van der Waals surface area (Å²) in [5.41, 5.74) is 0.767. The molecule has 3 aromatic rings. The van der Waals surface area contributed by atoms with Crippen LogP contribution in [0.2, 0.25) is 0 Å². The Morgan fingerprint density at radius 1 is 1.12 bits per heavy atom. The van der Waals surface area contributed by atoms with Crippen LogP contribution in [-0.2, 0) is 6.54 Å². The minimum Gasteiger partial charge on any atom is -0.434 e. The molecular weight excluding hydrogens is 325 g/mol. The van der Waals surface area contributed by atoms with E-state index < -0.39 is 18.2 Å². The lowest BCUT2D eigenvalue weighted by atomic mass is 10.2. The zero-order valence-corrected chi connectivity index (χ0v) is 12.2. The van der Waals surface area contributed by atoms with Gasteiger partial charge in [0.25, 0.3) is 0 Å². The van der Waals surface area contributed by atoms with Gasteiger partial charge in [-0.15, -0.1) is 5.10 Å². The summed E-state index contributed by atoms with van der Waals surface area (Å²) in [6.07, 6.45) is 0. The number of halogens is 3. The first-order valence-corrected chi connectivity index (χ1v) is 6.89. The second-order valence-corrected chi connectivity index (χ2v) is 4.82. The first-order valence-electron chi connectivity index (χ1n) is 6.89. The van der Waals surface area contributed by atoms with Crippen LogP contribution < -0.4 is 10.5 Å². The quantitative estimate of drug-likeness (QED) is 0.717. The van der Waals surface area contributed by atoms with Crippen LogP contribution in [0.1, 0.15) is 5.56 Å². The number of alkyl halides is 2. The van der Waals surface area contributed by atoms with Gasteiger partial charge in [0.1, 0.15) is 11.6 Å². The molecular formula is C16H11F3N2O3. The lowest BCUT2D eigenvalue weighted by molar-refractivity contribution is -0.0505. The molecule has 0 amide bonds. The van der Waals surface area contributed by atoms with Crippen LogP contribution in [-0.4, -0.2) is 16.4 Å². The third-order valence-corrected chi connectivity index (χ3v) is 3.21. The van der Waals surface area contributed by atoms with Crippen LogP contribution in [0.5, 0.6) is 5.75 Å². The van der Waals surface area contributed by atoms with E-state index in [-0.39, 0.29) is 18.2 Å². The Morgan fingerprint density at radius 3 is 2.54 bits per heavy atom. The molecule has 0 atom stereocenters. The summed E-state index contributed by atoms with van der Waals surface area (Å²) in [6, 6.07) is 11.3. The minimum absolute atomic E-state index is 0.00672. The Kier molecular flexibility index (Phi) is 4.37. The monoisotopic (exact) mass is 336 g/mol. The van der Waals surface area contributed by atoms with Crippen molar-refractivity contribution in [2.45, 2.75) is 13.2 Å². The molecule has 1 aromatic heterocycles. The lowest BCUT2D eigenvalue weighted by Gasteiger charge is -2.09. The van der Waals surface area contributed by atoms with E-state index in [0.29, 0.717) is 11.1 Å². The predicted octanol–water partition coefficient (Wildman–Crippen LogP) is 3.29. The lowest BCUT2D eigenvalue weighted by Crippen LogP contribution is -2.17. The molecule has 0 bridgehead atoms. The standard InChI is InChI=1S/C16H11F3N2O3/c17-12-7-5-10(6-8-12)14-20-21(16(22)24-14)9-11-3-1-2-4-13(11)23-15(18)19/h1-8,15H,9H2. The molecule has 1 heterocycles. The molecule has 0 unspecified atom stereocenters. The SMILES string of the molecule is O=c1oc(-c2ccc(F)cc2)nn1Cc1ccccc1OC(F)F. The number of hydrogen-bond donors (Lipinski definition) is 0. The van der Waals surface area contributed by atoms with Crippen molar-refractivity contribution >= 4 is 0 Å². The molecule has 5 nitrogen and oxygen atoms in total. The molecule has 0 spiro atoms. The highest BCUT2D eigenvalue weighted by molar-refractivity contribution is 5.51. The summed E-state index contributed by atoms with van der Waals surface area (Å²) in [6.45, 7) is -3.08. The summed E-state index contributed by atoms with van der Waals surface area (Å²) in [4.78, 5) is 11.9. The Morgan fingerprint density at radius 2 is 1.83 bits per heavy atom. The van der Waals surface area contributed by atoms with Gasteiger partial charge < -0.3 is 9.15 Å². The van der Waals surface area contributed by atoms with Gasteiger partial charge in [0.2, 0.25) is 5.89 Å². The Balaban J connectivity index is 1.89. The smallest absolute Gasteiger partial charge is 0.434 e. The third kappa shape index (κ3) is 3.48. The summed E-state index contributed by atoms with van der Waals surface area (Å²) >= 11 is 0. The van der Waals surface area contributed by atoms with Crippen LogP contribution >= 0.6 is 0 Å². The van der Waals surface area contributed by atoms with E-state index in [9.17, 15) is 18.0 Å². The van der Waals surface area contributed by atoms with Gasteiger partial charge in [-0.2, -0.15) is 13.5 Å². The second-order valence-electron chi connectivity index (χ2n) is 4.82. The van der Waals surface area contributed by atoms with Crippen molar-refractivity contribution in [1.29, 1.82) is 0 Å². The topological polar surface area (TPSA) is 57.3 Å². The fourth-order valence-electron chi connectivity index (χ4n) is 2.12. The maximum atomic E-state index is 12.9. The minimum atomic E-state index is -2.98. The molecule has 0 fully saturated rings. The van der Waals surface area contributed by atoms with Gasteiger partial charge in [-0.05, 0) is 30.3 Å². The number of ether oxygens (including phenoxy) is 1. The van der Waals surface area contributed by atoms with E-state index in [2.05, 4.69) is 9.84 Å². The molecule has 0 N–H and O–H groups in total. The zero-order valence-electron chi connectivity index (χ0n) is 12.2. The predicted molar refractivity (Wildman–Crippen MR) is 78.3 cm³/mol. The van der Waals surface area contributed by atoms with Gasteiger partial charge in [0.15, 0.2) is 0 Å². The zero-order chi connectivity index (χ0) is 17.1. The van der Waals surface area contributed by atoms with Crippen molar-refractivity contribution in [3.63, 3.8) is 0 Å². The van der Waals surface area contributed by atoms with E-state index in [1.54, 1.807) is 6.07 Å². The number of nitrogens with zero attached hydrogens (tertiary/aromatic N) is 2. The molecule has 0 saturated carbocycles. The molecule has 0 aliphatic heterocycles. The number of benzene rings is 2. The molecule has 0 aliphatic carbocycles. The van der Waals surface area contributed by atoms with Gasteiger partial charge in [-0.25, -0.2) is 9.18 Å². The molecule has 2 aromatic carbocycles. The first kappa shape index (κ1) is 15.9. The summed E-state index contributed by atoms with van der Waals surface area (Å²) < 4.78 is 48.2. The number of rotatable bonds is 5. The molecule has 0 aliphatic rings. The van der Waals surface area contributed by atoms with E-state index >= 15 is 0 Å². The summed E-state index contributed by atoms with van der Waals surface area (Å²) in [5, 5.41) is 4.00. The molecule has 3 rings (SSSR count). The van der Waals surface area contributed by atoms with E-state index in [1.165, 1.54) is 42.5 Å². The van der Waals surface area contributed by atoms with Crippen LogP contribution in [0.15, 0.2) is 57.7 Å². The number of para-hydroxylation sites is 1. The Labute approximate surface area is 133 Å². The highest BCUT2D eigenvalue weighted by Gasteiger charge is 2.14. The van der Waals surface area contributed by atoms with Crippen molar-refractivity contribution in [3.8, 4) is 17.2 Å². The number of aromatic nitrogens is 2. The highest BCUT2D eigenvalue weighted by atomic mass is 19.3. The third-order valence-electron chi connectivity index (χ3n) is 3.21. The average molecular weight is 336 g/mol. The maximum absolute atomic E-state index is 12.9. The fourth-order valence-corrected chi connectivity index (χ4v) is 2.12. The van der Waals surface area contributed by atoms with E-state index in [0.717, 1.165) is 4.68 Å². The summed E-state index contributed by atoms with van der Waals surface area (Å²) in [7, 11) is 0. The van der Waals surface area contributed by atoms with Crippen LogP contribution in [0.25, 0.3) is 11.5 Å². The van der Waals surface area contributed by atoms with Gasteiger partial charge >= 0.3 is 12.4 Å². The molecule has 8 heteroatoms. The second kappa shape index (κ2) is 6.61. The molecule has 124 valence electrons. The van der Waals surface area contributed by atoms with Gasteiger partial charge in [-0.3, -0.25) is 0 Å². The largest absolute Gasteiger partial charge is 0.437 e. The first-order chi connectivity index (χ1) is 11.5. The van der Waals surface area contributed by atoms with E-state index in [4.69, 9.17) is 4.42 Å². The highest BCUT2D eigenvalue weighted by Crippen LogP contribution is 2.21. The van der Waals surface area contributed by atoms with Crippen LogP contribution in [0, 0.1) is 5.82 Å². The van der Waals surface area contributed by atoms with Gasteiger partial charge in [-0.1, -0.05) is 18.2 Å². The molecule has 24 heavy (non-hydrogen) atoms. The van der Waals surface area contributed by atoms with Crippen molar-refractivity contribution in [2.75, 3.05) is 0 Å².